The fraction of sp³-hybridized carbons (Fsp3) is 0.154. The number of aromatic nitrogens is 1. The van der Waals surface area contributed by atoms with Gasteiger partial charge in [-0.2, -0.15) is 0 Å². The monoisotopic (exact) mass is 282 g/mol. The van der Waals surface area contributed by atoms with Gasteiger partial charge in [-0.25, -0.2) is 0 Å². The van der Waals surface area contributed by atoms with E-state index in [2.05, 4.69) is 10.3 Å². The van der Waals surface area contributed by atoms with Crippen molar-refractivity contribution in [2.45, 2.75) is 13.5 Å². The van der Waals surface area contributed by atoms with E-state index in [1.165, 1.54) is 6.07 Å². The maximum absolute atomic E-state index is 9.80. The Kier molecular flexibility index (Phi) is 3.94. The first kappa shape index (κ1) is 13.0. The third-order valence-electron chi connectivity index (χ3n) is 2.50. The van der Waals surface area contributed by atoms with Crippen molar-refractivity contribution >= 4 is 28.9 Å². The first-order valence-electron chi connectivity index (χ1n) is 5.39. The van der Waals surface area contributed by atoms with Gasteiger partial charge >= 0.3 is 0 Å². The lowest BCUT2D eigenvalue weighted by Crippen LogP contribution is -2.00. The second kappa shape index (κ2) is 5.46. The van der Waals surface area contributed by atoms with E-state index in [9.17, 15) is 5.11 Å². The smallest absolute Gasteiger partial charge is 0.139 e. The van der Waals surface area contributed by atoms with Gasteiger partial charge in [-0.3, -0.25) is 4.98 Å². The Morgan fingerprint density at radius 1 is 1.28 bits per heavy atom. The number of aryl methyl sites for hydroxylation is 1. The Morgan fingerprint density at radius 2 is 2.06 bits per heavy atom. The summed E-state index contributed by atoms with van der Waals surface area (Å²) in [5, 5.41) is 13.7. The molecule has 18 heavy (non-hydrogen) atoms. The third kappa shape index (κ3) is 3.06. The summed E-state index contributed by atoms with van der Waals surface area (Å²) >= 11 is 11.7. The first-order valence-corrected chi connectivity index (χ1v) is 6.15. The molecule has 2 aromatic rings. The van der Waals surface area contributed by atoms with Crippen molar-refractivity contribution in [1.29, 1.82) is 0 Å². The number of pyridine rings is 1. The third-order valence-corrected chi connectivity index (χ3v) is 3.01. The number of aromatic hydroxyl groups is 1. The Morgan fingerprint density at radius 3 is 2.72 bits per heavy atom. The number of benzene rings is 1. The number of nitrogens with one attached hydrogen (secondary N) is 1. The summed E-state index contributed by atoms with van der Waals surface area (Å²) < 4.78 is 0. The van der Waals surface area contributed by atoms with Crippen LogP contribution in [0, 0.1) is 6.92 Å². The maximum atomic E-state index is 9.80. The summed E-state index contributed by atoms with van der Waals surface area (Å²) in [7, 11) is 0. The highest BCUT2D eigenvalue weighted by atomic mass is 35.5. The number of halogens is 2. The Balaban J connectivity index is 2.13. The summed E-state index contributed by atoms with van der Waals surface area (Å²) in [6.45, 7) is 2.35. The number of phenolic OH excluding ortho intramolecular Hbond substituents is 1. The van der Waals surface area contributed by atoms with Crippen LogP contribution < -0.4 is 5.32 Å². The highest BCUT2D eigenvalue weighted by Gasteiger charge is 2.07. The molecule has 0 aliphatic heterocycles. The predicted molar refractivity (Wildman–Crippen MR) is 74.4 cm³/mol. The fourth-order valence-electron chi connectivity index (χ4n) is 1.52. The van der Waals surface area contributed by atoms with Gasteiger partial charge in [0.2, 0.25) is 0 Å². The fourth-order valence-corrected chi connectivity index (χ4v) is 2.06. The Labute approximate surface area is 115 Å². The van der Waals surface area contributed by atoms with Crippen LogP contribution in [0.1, 0.15) is 11.3 Å². The number of nitrogens with zero attached hydrogens (tertiary/aromatic N) is 1. The second-order valence-electron chi connectivity index (χ2n) is 3.94. The maximum Gasteiger partial charge on any atom is 0.139 e. The van der Waals surface area contributed by atoms with Gasteiger partial charge in [-0.05, 0) is 31.2 Å². The van der Waals surface area contributed by atoms with Crippen LogP contribution in [0.5, 0.6) is 5.75 Å². The van der Waals surface area contributed by atoms with Gasteiger partial charge in [0, 0.05) is 22.8 Å². The van der Waals surface area contributed by atoms with Crippen LogP contribution in [0.25, 0.3) is 0 Å². The number of hydrogen-bond donors (Lipinski definition) is 2. The van der Waals surface area contributed by atoms with Gasteiger partial charge in [0.25, 0.3) is 0 Å². The van der Waals surface area contributed by atoms with Crippen LogP contribution in [0.2, 0.25) is 10.0 Å². The van der Waals surface area contributed by atoms with E-state index in [1.54, 1.807) is 12.3 Å². The van der Waals surface area contributed by atoms with Crippen LogP contribution in [-0.2, 0) is 6.54 Å². The average Bonchev–Trinajstić information content (AvgIpc) is 2.34. The molecular formula is C13H12Cl2N2O. The van der Waals surface area contributed by atoms with Crippen molar-refractivity contribution in [3.05, 3.63) is 51.8 Å². The second-order valence-corrected chi connectivity index (χ2v) is 4.78. The van der Waals surface area contributed by atoms with Crippen molar-refractivity contribution in [1.82, 2.24) is 4.98 Å². The minimum atomic E-state index is 0.0497. The van der Waals surface area contributed by atoms with Crippen LogP contribution in [0.4, 0.5) is 5.69 Å². The number of rotatable bonds is 3. The number of hydrogen-bond acceptors (Lipinski definition) is 3. The lowest BCUT2D eigenvalue weighted by Gasteiger charge is -2.09. The predicted octanol–water partition coefficient (Wildman–Crippen LogP) is 4.01. The number of anilines is 1. The van der Waals surface area contributed by atoms with Gasteiger partial charge in [0.1, 0.15) is 5.75 Å². The Hall–Kier alpha value is -1.45. The largest absolute Gasteiger partial charge is 0.506 e. The molecule has 2 rings (SSSR count). The van der Waals surface area contributed by atoms with Crippen molar-refractivity contribution in [3.8, 4) is 5.75 Å². The van der Waals surface area contributed by atoms with E-state index in [0.29, 0.717) is 17.1 Å². The lowest BCUT2D eigenvalue weighted by molar-refractivity contribution is 0.469. The molecule has 0 saturated heterocycles. The van der Waals surface area contributed by atoms with Crippen molar-refractivity contribution < 1.29 is 5.11 Å². The van der Waals surface area contributed by atoms with Crippen LogP contribution in [0.3, 0.4) is 0 Å². The molecule has 0 atom stereocenters. The minimum absolute atomic E-state index is 0.0497. The summed E-state index contributed by atoms with van der Waals surface area (Å²) in [6, 6.07) is 7.02. The minimum Gasteiger partial charge on any atom is -0.506 e. The zero-order chi connectivity index (χ0) is 13.1. The van der Waals surface area contributed by atoms with Gasteiger partial charge in [-0.15, -0.1) is 0 Å². The molecule has 1 aromatic heterocycles. The molecule has 3 nitrogen and oxygen atoms in total. The van der Waals surface area contributed by atoms with Gasteiger partial charge in [0.15, 0.2) is 0 Å². The molecule has 0 radical (unpaired) electrons. The number of phenols is 1. The zero-order valence-corrected chi connectivity index (χ0v) is 11.3. The highest BCUT2D eigenvalue weighted by Crippen LogP contribution is 2.31. The molecule has 1 heterocycles. The quantitative estimate of drug-likeness (QED) is 0.894. The molecule has 0 amide bonds. The molecule has 5 heteroatoms. The van der Waals surface area contributed by atoms with Crippen molar-refractivity contribution in [2.75, 3.05) is 5.32 Å². The van der Waals surface area contributed by atoms with E-state index in [4.69, 9.17) is 23.2 Å². The average molecular weight is 283 g/mol. The molecule has 0 unspecified atom stereocenters. The summed E-state index contributed by atoms with van der Waals surface area (Å²) in [4.78, 5) is 4.17. The van der Waals surface area contributed by atoms with E-state index in [0.717, 1.165) is 11.4 Å². The lowest BCUT2D eigenvalue weighted by atomic mass is 10.2. The summed E-state index contributed by atoms with van der Waals surface area (Å²) in [5.41, 5.74) is 2.47. The van der Waals surface area contributed by atoms with Crippen molar-refractivity contribution in [3.63, 3.8) is 0 Å². The molecule has 0 aliphatic rings. The normalized spacial score (nSPS) is 10.4. The molecular weight excluding hydrogens is 271 g/mol. The molecule has 2 N–H and O–H groups in total. The van der Waals surface area contributed by atoms with E-state index in [-0.39, 0.29) is 10.8 Å². The molecule has 0 fully saturated rings. The first-order chi connectivity index (χ1) is 8.56. The van der Waals surface area contributed by atoms with Gasteiger partial charge < -0.3 is 10.4 Å². The van der Waals surface area contributed by atoms with Gasteiger partial charge in [-0.1, -0.05) is 23.2 Å². The summed E-state index contributed by atoms with van der Waals surface area (Å²) in [5.74, 6) is 0.0497. The Bertz CT molecular complexity index is 556. The van der Waals surface area contributed by atoms with E-state index in [1.807, 2.05) is 19.1 Å². The zero-order valence-electron chi connectivity index (χ0n) is 9.74. The molecule has 0 saturated carbocycles. The topological polar surface area (TPSA) is 45.1 Å². The molecule has 0 bridgehead atoms. The standard InChI is InChI=1S/C13H12Cl2N2O/c1-8-2-3-11(7-16-8)17-6-9-4-10(14)5-12(15)13(9)18/h2-5,7,17-18H,6H2,1H3. The molecule has 1 aromatic carbocycles. The SMILES string of the molecule is Cc1ccc(NCc2cc(Cl)cc(Cl)c2O)cn1. The molecule has 0 aliphatic carbocycles. The summed E-state index contributed by atoms with van der Waals surface area (Å²) in [6.07, 6.45) is 1.73. The van der Waals surface area contributed by atoms with Crippen LogP contribution in [0.15, 0.2) is 30.5 Å². The molecule has 0 spiro atoms. The van der Waals surface area contributed by atoms with Crippen LogP contribution >= 0.6 is 23.2 Å². The molecule has 94 valence electrons. The van der Waals surface area contributed by atoms with Gasteiger partial charge in [0.05, 0.1) is 16.9 Å². The van der Waals surface area contributed by atoms with Crippen molar-refractivity contribution in [2.24, 2.45) is 0 Å². The van der Waals surface area contributed by atoms with E-state index < -0.39 is 0 Å². The van der Waals surface area contributed by atoms with E-state index >= 15 is 0 Å². The highest BCUT2D eigenvalue weighted by molar-refractivity contribution is 6.35. The van der Waals surface area contributed by atoms with Crippen LogP contribution in [-0.4, -0.2) is 10.1 Å².